The zero-order chi connectivity index (χ0) is 18.1. The van der Waals surface area contributed by atoms with Crippen molar-refractivity contribution < 1.29 is 22.4 Å². The van der Waals surface area contributed by atoms with E-state index in [2.05, 4.69) is 15.3 Å². The summed E-state index contributed by atoms with van der Waals surface area (Å²) in [5.41, 5.74) is 0.389. The molecule has 3 aromatic rings. The molecule has 0 atom stereocenters. The number of hydrogen-bond acceptors (Lipinski definition) is 4. The van der Waals surface area contributed by atoms with Gasteiger partial charge in [0.25, 0.3) is 5.91 Å². The molecule has 0 unspecified atom stereocenters. The molecule has 0 aliphatic heterocycles. The zero-order valence-electron chi connectivity index (χ0n) is 13.2. The topological polar surface area (TPSA) is 68.0 Å². The molecule has 5 nitrogen and oxygen atoms in total. The van der Waals surface area contributed by atoms with Crippen LogP contribution in [0.5, 0.6) is 0 Å². The summed E-state index contributed by atoms with van der Waals surface area (Å²) in [5, 5.41) is 2.26. The van der Waals surface area contributed by atoms with Crippen LogP contribution in [0.15, 0.2) is 34.9 Å². The van der Waals surface area contributed by atoms with Crippen LogP contribution in [-0.2, 0) is 0 Å². The van der Waals surface area contributed by atoms with Gasteiger partial charge in [0.05, 0.1) is 0 Å². The lowest BCUT2D eigenvalue weighted by molar-refractivity contribution is 0.101. The van der Waals surface area contributed by atoms with Gasteiger partial charge in [-0.05, 0) is 19.1 Å². The minimum Gasteiger partial charge on any atom is -0.446 e. The van der Waals surface area contributed by atoms with Crippen molar-refractivity contribution in [1.29, 1.82) is 0 Å². The third-order valence-electron chi connectivity index (χ3n) is 3.42. The predicted molar refractivity (Wildman–Crippen MR) is 83.5 cm³/mol. The minimum atomic E-state index is -1.29. The number of nitrogens with zero attached hydrogens (tertiary/aromatic N) is 2. The summed E-state index contributed by atoms with van der Waals surface area (Å²) in [6.45, 7) is 3.47. The van der Waals surface area contributed by atoms with Gasteiger partial charge < -0.3 is 9.73 Å². The number of aryl methyl sites for hydroxylation is 2. The molecule has 2 heterocycles. The summed E-state index contributed by atoms with van der Waals surface area (Å²) in [4.78, 5) is 20.2. The summed E-state index contributed by atoms with van der Waals surface area (Å²) < 4.78 is 45.5. The molecular formula is C17H12F3N3O2. The van der Waals surface area contributed by atoms with Crippen molar-refractivity contribution in [3.63, 3.8) is 0 Å². The normalized spacial score (nSPS) is 10.8. The van der Waals surface area contributed by atoms with Crippen LogP contribution in [0.3, 0.4) is 0 Å². The van der Waals surface area contributed by atoms with Crippen LogP contribution in [-0.4, -0.2) is 15.9 Å². The highest BCUT2D eigenvalue weighted by atomic mass is 19.1. The fourth-order valence-corrected chi connectivity index (χ4v) is 2.34. The van der Waals surface area contributed by atoms with E-state index in [1.165, 1.54) is 12.3 Å². The van der Waals surface area contributed by atoms with Crippen LogP contribution in [0.25, 0.3) is 11.3 Å². The van der Waals surface area contributed by atoms with E-state index in [9.17, 15) is 18.0 Å². The molecule has 1 N–H and O–H groups in total. The van der Waals surface area contributed by atoms with Gasteiger partial charge in [-0.25, -0.2) is 23.1 Å². The van der Waals surface area contributed by atoms with E-state index in [1.54, 1.807) is 19.9 Å². The second-order valence-electron chi connectivity index (χ2n) is 5.27. The molecule has 8 heteroatoms. The predicted octanol–water partition coefficient (Wildman–Crippen LogP) is 4.02. The lowest BCUT2D eigenvalue weighted by Crippen LogP contribution is -2.17. The maximum atomic E-state index is 13.6. The largest absolute Gasteiger partial charge is 0.446 e. The number of benzene rings is 1. The number of hydrogen-bond donors (Lipinski definition) is 1. The summed E-state index contributed by atoms with van der Waals surface area (Å²) >= 11 is 0. The molecule has 0 fully saturated rings. The molecule has 3 rings (SSSR count). The smallest absolute Gasteiger partial charge is 0.262 e. The first-order chi connectivity index (χ1) is 11.8. The third kappa shape index (κ3) is 3.37. The Hall–Kier alpha value is -3.16. The fourth-order valence-electron chi connectivity index (χ4n) is 2.34. The number of anilines is 1. The Morgan fingerprint density at radius 3 is 2.32 bits per heavy atom. The van der Waals surface area contributed by atoms with E-state index in [0.717, 1.165) is 0 Å². The Morgan fingerprint density at radius 1 is 1.12 bits per heavy atom. The van der Waals surface area contributed by atoms with Crippen molar-refractivity contribution in [3.05, 3.63) is 65.1 Å². The molecule has 2 aromatic heterocycles. The Bertz CT molecular complexity index is 929. The third-order valence-corrected chi connectivity index (χ3v) is 3.42. The van der Waals surface area contributed by atoms with Gasteiger partial charge in [0, 0.05) is 30.8 Å². The van der Waals surface area contributed by atoms with Gasteiger partial charge in [-0.3, -0.25) is 4.79 Å². The SMILES string of the molecule is Cc1nc(-c2ccc(NC(=O)c3c(F)cc(F)cc3F)nc2)c(C)o1. The Kier molecular flexibility index (Phi) is 4.26. The van der Waals surface area contributed by atoms with Crippen molar-refractivity contribution >= 4 is 11.7 Å². The molecule has 0 aliphatic rings. The van der Waals surface area contributed by atoms with E-state index in [0.29, 0.717) is 35.0 Å². The Morgan fingerprint density at radius 2 is 1.80 bits per heavy atom. The number of halogens is 3. The lowest BCUT2D eigenvalue weighted by Gasteiger charge is -2.07. The van der Waals surface area contributed by atoms with Crippen LogP contribution in [0.4, 0.5) is 19.0 Å². The molecule has 0 saturated carbocycles. The van der Waals surface area contributed by atoms with Gasteiger partial charge in [0.1, 0.15) is 40.3 Å². The van der Waals surface area contributed by atoms with Crippen LogP contribution in [0.1, 0.15) is 22.0 Å². The molecule has 1 aromatic carbocycles. The van der Waals surface area contributed by atoms with Crippen molar-refractivity contribution in [3.8, 4) is 11.3 Å². The highest BCUT2D eigenvalue weighted by molar-refractivity contribution is 6.04. The molecule has 25 heavy (non-hydrogen) atoms. The number of carbonyl (C=O) groups excluding carboxylic acids is 1. The Labute approximate surface area is 140 Å². The monoisotopic (exact) mass is 347 g/mol. The number of pyridine rings is 1. The van der Waals surface area contributed by atoms with Gasteiger partial charge in [0.15, 0.2) is 5.89 Å². The van der Waals surface area contributed by atoms with Crippen molar-refractivity contribution in [2.75, 3.05) is 5.32 Å². The van der Waals surface area contributed by atoms with Gasteiger partial charge >= 0.3 is 0 Å². The van der Waals surface area contributed by atoms with Crippen molar-refractivity contribution in [2.45, 2.75) is 13.8 Å². The highest BCUT2D eigenvalue weighted by Gasteiger charge is 2.19. The number of carbonyl (C=O) groups is 1. The number of nitrogens with one attached hydrogen (secondary N) is 1. The van der Waals surface area contributed by atoms with E-state index in [4.69, 9.17) is 4.42 Å². The number of aromatic nitrogens is 2. The quantitative estimate of drug-likeness (QED) is 0.777. The van der Waals surface area contributed by atoms with Gasteiger partial charge in [-0.2, -0.15) is 0 Å². The molecule has 0 bridgehead atoms. The molecule has 128 valence electrons. The number of oxazole rings is 1. The lowest BCUT2D eigenvalue weighted by atomic mass is 10.1. The van der Waals surface area contributed by atoms with E-state index in [-0.39, 0.29) is 5.82 Å². The van der Waals surface area contributed by atoms with E-state index >= 15 is 0 Å². The first kappa shape index (κ1) is 16.7. The fraction of sp³-hybridized carbons (Fsp3) is 0.118. The highest BCUT2D eigenvalue weighted by Crippen LogP contribution is 2.23. The minimum absolute atomic E-state index is 0.0785. The molecule has 0 spiro atoms. The van der Waals surface area contributed by atoms with Crippen LogP contribution < -0.4 is 5.32 Å². The van der Waals surface area contributed by atoms with Gasteiger partial charge in [-0.15, -0.1) is 0 Å². The molecular weight excluding hydrogens is 335 g/mol. The first-order valence-electron chi connectivity index (χ1n) is 7.21. The van der Waals surface area contributed by atoms with E-state index in [1.807, 2.05) is 0 Å². The molecule has 0 radical (unpaired) electrons. The van der Waals surface area contributed by atoms with Gasteiger partial charge in [-0.1, -0.05) is 0 Å². The Balaban J connectivity index is 1.82. The number of amides is 1. The molecule has 1 amide bonds. The zero-order valence-corrected chi connectivity index (χ0v) is 13.2. The standard InChI is InChI=1S/C17H12F3N3O2/c1-8-16(22-9(2)25-8)10-3-4-14(21-7-10)23-17(24)15-12(19)5-11(18)6-13(15)20/h3-7H,1-2H3,(H,21,23,24). The van der Waals surface area contributed by atoms with Crippen molar-refractivity contribution in [2.24, 2.45) is 0 Å². The average molecular weight is 347 g/mol. The summed E-state index contributed by atoms with van der Waals surface area (Å²) in [6, 6.07) is 3.95. The van der Waals surface area contributed by atoms with E-state index < -0.39 is 28.9 Å². The second-order valence-corrected chi connectivity index (χ2v) is 5.27. The number of rotatable bonds is 3. The average Bonchev–Trinajstić information content (AvgIpc) is 2.85. The summed E-state index contributed by atoms with van der Waals surface area (Å²) in [6.07, 6.45) is 1.44. The summed E-state index contributed by atoms with van der Waals surface area (Å²) in [5.74, 6) is -3.55. The maximum absolute atomic E-state index is 13.6. The second kappa shape index (κ2) is 6.39. The van der Waals surface area contributed by atoms with Crippen LogP contribution >= 0.6 is 0 Å². The van der Waals surface area contributed by atoms with Crippen molar-refractivity contribution in [1.82, 2.24) is 9.97 Å². The molecule has 0 saturated heterocycles. The molecule has 0 aliphatic carbocycles. The maximum Gasteiger partial charge on any atom is 0.262 e. The van der Waals surface area contributed by atoms with Gasteiger partial charge in [0.2, 0.25) is 0 Å². The van der Waals surface area contributed by atoms with Crippen LogP contribution in [0.2, 0.25) is 0 Å². The van der Waals surface area contributed by atoms with Crippen LogP contribution in [0, 0.1) is 31.3 Å². The first-order valence-corrected chi connectivity index (χ1v) is 7.21. The summed E-state index contributed by atoms with van der Waals surface area (Å²) in [7, 11) is 0.